The Morgan fingerprint density at radius 1 is 1.22 bits per heavy atom. The first-order chi connectivity index (χ1) is 13.1. The summed E-state index contributed by atoms with van der Waals surface area (Å²) in [5.41, 5.74) is 3.05. The molecule has 0 radical (unpaired) electrons. The van der Waals surface area contributed by atoms with Crippen LogP contribution in [0.2, 0.25) is 0 Å². The highest BCUT2D eigenvalue weighted by molar-refractivity contribution is 5.74. The molecule has 4 heterocycles. The van der Waals surface area contributed by atoms with Crippen LogP contribution in [0, 0.1) is 11.8 Å². The van der Waals surface area contributed by atoms with Crippen LogP contribution in [0.4, 0.5) is 4.79 Å². The van der Waals surface area contributed by atoms with E-state index < -0.39 is 0 Å². The van der Waals surface area contributed by atoms with Crippen LogP contribution in [0.25, 0.3) is 0 Å². The minimum Gasteiger partial charge on any atom is -0.337 e. The van der Waals surface area contributed by atoms with Gasteiger partial charge in [0.1, 0.15) is 0 Å². The lowest BCUT2D eigenvalue weighted by Gasteiger charge is -2.51. The van der Waals surface area contributed by atoms with E-state index in [0.717, 1.165) is 24.9 Å². The predicted molar refractivity (Wildman–Crippen MR) is 109 cm³/mol. The number of hydrogen-bond acceptors (Lipinski definition) is 3. The van der Waals surface area contributed by atoms with E-state index in [2.05, 4.69) is 44.7 Å². The third-order valence-electron chi connectivity index (χ3n) is 6.63. The Morgan fingerprint density at radius 2 is 2.04 bits per heavy atom. The van der Waals surface area contributed by atoms with Crippen molar-refractivity contribution in [2.24, 2.45) is 11.8 Å². The zero-order valence-corrected chi connectivity index (χ0v) is 16.8. The molecule has 0 aromatic heterocycles. The van der Waals surface area contributed by atoms with Crippen molar-refractivity contribution in [3.05, 3.63) is 35.4 Å². The van der Waals surface area contributed by atoms with Crippen molar-refractivity contribution in [1.29, 1.82) is 0 Å². The number of fused-ring (bicyclic) bond motifs is 4. The van der Waals surface area contributed by atoms with Crippen LogP contribution in [0.1, 0.15) is 37.8 Å². The largest absolute Gasteiger partial charge is 0.337 e. The molecule has 27 heavy (non-hydrogen) atoms. The zero-order chi connectivity index (χ0) is 18.8. The molecule has 4 unspecified atom stereocenters. The lowest BCUT2D eigenvalue weighted by Crippen LogP contribution is -2.59. The number of carbonyl (C=O) groups excluding carboxylic acids is 1. The van der Waals surface area contributed by atoms with Gasteiger partial charge < -0.3 is 10.6 Å². The molecule has 5 rings (SSSR count). The standard InChI is InChI=1S/C22H34N4O/c1-16(2)24-22(27)23-12-21-11-18-8-10-26(21)15-20(18)14-25-9-7-17-5-3-4-6-19(17)13-25/h3-6,16,18,20-21H,7-15H2,1-2H3,(H2,23,24,27). The maximum Gasteiger partial charge on any atom is 0.315 e. The van der Waals surface area contributed by atoms with Crippen molar-refractivity contribution in [2.75, 3.05) is 32.7 Å². The topological polar surface area (TPSA) is 47.6 Å². The number of nitrogens with zero attached hydrogens (tertiary/aromatic N) is 2. The summed E-state index contributed by atoms with van der Waals surface area (Å²) in [5.74, 6) is 1.59. The highest BCUT2D eigenvalue weighted by Crippen LogP contribution is 2.37. The van der Waals surface area contributed by atoms with Crippen LogP contribution in [0.15, 0.2) is 24.3 Å². The average molecular weight is 371 g/mol. The number of carbonyl (C=O) groups is 1. The van der Waals surface area contributed by atoms with Gasteiger partial charge in [0.15, 0.2) is 0 Å². The first-order valence-corrected chi connectivity index (χ1v) is 10.7. The van der Waals surface area contributed by atoms with Crippen LogP contribution in [-0.2, 0) is 13.0 Å². The molecule has 4 aliphatic heterocycles. The number of rotatable bonds is 5. The summed E-state index contributed by atoms with van der Waals surface area (Å²) in [6.45, 7) is 10.7. The monoisotopic (exact) mass is 370 g/mol. The van der Waals surface area contributed by atoms with Gasteiger partial charge >= 0.3 is 6.03 Å². The quantitative estimate of drug-likeness (QED) is 0.837. The Hall–Kier alpha value is -1.59. The van der Waals surface area contributed by atoms with Crippen LogP contribution < -0.4 is 10.6 Å². The summed E-state index contributed by atoms with van der Waals surface area (Å²) < 4.78 is 0. The van der Waals surface area contributed by atoms with Crippen molar-refractivity contribution < 1.29 is 4.79 Å². The molecule has 1 aromatic carbocycles. The van der Waals surface area contributed by atoms with E-state index in [1.165, 1.54) is 56.6 Å². The molecular formula is C22H34N4O. The Morgan fingerprint density at radius 3 is 2.78 bits per heavy atom. The minimum absolute atomic E-state index is 0.0313. The van der Waals surface area contributed by atoms with Gasteiger partial charge in [-0.25, -0.2) is 4.79 Å². The van der Waals surface area contributed by atoms with Gasteiger partial charge in [0.05, 0.1) is 0 Å². The van der Waals surface area contributed by atoms with E-state index in [0.29, 0.717) is 6.04 Å². The molecule has 2 amide bonds. The summed E-state index contributed by atoms with van der Waals surface area (Å²) in [7, 11) is 0. The first kappa shape index (κ1) is 18.8. The maximum absolute atomic E-state index is 11.9. The lowest BCUT2D eigenvalue weighted by atomic mass is 9.75. The number of piperidine rings is 3. The van der Waals surface area contributed by atoms with Gasteiger partial charge in [-0.3, -0.25) is 9.80 Å². The highest BCUT2D eigenvalue weighted by Gasteiger charge is 2.40. The normalized spacial score (nSPS) is 30.2. The molecule has 1 aromatic rings. The number of urea groups is 1. The summed E-state index contributed by atoms with van der Waals surface area (Å²) in [6, 6.07) is 9.58. The molecule has 0 aliphatic carbocycles. The average Bonchev–Trinajstić information content (AvgIpc) is 2.66. The van der Waals surface area contributed by atoms with E-state index in [4.69, 9.17) is 0 Å². The lowest BCUT2D eigenvalue weighted by molar-refractivity contribution is -0.0126. The van der Waals surface area contributed by atoms with Gasteiger partial charge in [-0.2, -0.15) is 0 Å². The van der Waals surface area contributed by atoms with Gasteiger partial charge in [-0.05, 0) is 62.6 Å². The molecule has 0 spiro atoms. The van der Waals surface area contributed by atoms with Gasteiger partial charge in [0.25, 0.3) is 0 Å². The molecule has 0 saturated carbocycles. The molecular weight excluding hydrogens is 336 g/mol. The number of nitrogens with one attached hydrogen (secondary N) is 2. The Bertz CT molecular complexity index is 661. The van der Waals surface area contributed by atoms with E-state index in [1.807, 2.05) is 13.8 Å². The Balaban J connectivity index is 1.28. The molecule has 2 N–H and O–H groups in total. The van der Waals surface area contributed by atoms with Crippen LogP contribution in [-0.4, -0.2) is 60.6 Å². The summed E-state index contributed by atoms with van der Waals surface area (Å²) >= 11 is 0. The second-order valence-electron chi connectivity index (χ2n) is 8.96. The molecule has 3 fully saturated rings. The molecule has 148 valence electrons. The van der Waals surface area contributed by atoms with Gasteiger partial charge in [-0.1, -0.05) is 24.3 Å². The number of amides is 2. The second-order valence-corrected chi connectivity index (χ2v) is 8.96. The molecule has 5 nitrogen and oxygen atoms in total. The van der Waals surface area contributed by atoms with Gasteiger partial charge in [-0.15, -0.1) is 0 Å². The first-order valence-electron chi connectivity index (χ1n) is 10.7. The molecule has 4 atom stereocenters. The molecule has 2 bridgehead atoms. The number of hydrogen-bond donors (Lipinski definition) is 2. The van der Waals surface area contributed by atoms with Crippen molar-refractivity contribution in [2.45, 2.75) is 51.7 Å². The van der Waals surface area contributed by atoms with E-state index in [9.17, 15) is 4.79 Å². The number of benzene rings is 1. The predicted octanol–water partition coefficient (Wildman–Crippen LogP) is 2.46. The third-order valence-corrected chi connectivity index (χ3v) is 6.63. The van der Waals surface area contributed by atoms with Gasteiger partial charge in [0.2, 0.25) is 0 Å². The second kappa shape index (κ2) is 8.19. The van der Waals surface area contributed by atoms with Crippen LogP contribution >= 0.6 is 0 Å². The zero-order valence-electron chi connectivity index (χ0n) is 16.8. The fraction of sp³-hybridized carbons (Fsp3) is 0.682. The fourth-order valence-electron chi connectivity index (χ4n) is 5.23. The third kappa shape index (κ3) is 4.46. The Kier molecular flexibility index (Phi) is 5.69. The SMILES string of the molecule is CC(C)NC(=O)NCC1CC2CCN1CC2CN1CCc2ccccc2C1. The summed E-state index contributed by atoms with van der Waals surface area (Å²) in [4.78, 5) is 17.2. The highest BCUT2D eigenvalue weighted by atomic mass is 16.2. The van der Waals surface area contributed by atoms with E-state index in [1.54, 1.807) is 0 Å². The van der Waals surface area contributed by atoms with Crippen molar-refractivity contribution in [3.63, 3.8) is 0 Å². The van der Waals surface area contributed by atoms with Gasteiger partial charge in [0, 0.05) is 44.8 Å². The molecule has 5 heteroatoms. The summed E-state index contributed by atoms with van der Waals surface area (Å²) in [5, 5.41) is 6.00. The van der Waals surface area contributed by atoms with Crippen molar-refractivity contribution in [1.82, 2.24) is 20.4 Å². The smallest absolute Gasteiger partial charge is 0.315 e. The van der Waals surface area contributed by atoms with E-state index >= 15 is 0 Å². The maximum atomic E-state index is 11.9. The van der Waals surface area contributed by atoms with Crippen LogP contribution in [0.5, 0.6) is 0 Å². The van der Waals surface area contributed by atoms with Crippen LogP contribution in [0.3, 0.4) is 0 Å². The van der Waals surface area contributed by atoms with Crippen molar-refractivity contribution in [3.8, 4) is 0 Å². The minimum atomic E-state index is -0.0313. The summed E-state index contributed by atoms with van der Waals surface area (Å²) in [6.07, 6.45) is 3.75. The Labute approximate surface area is 163 Å². The van der Waals surface area contributed by atoms with E-state index in [-0.39, 0.29) is 12.1 Å². The fourth-order valence-corrected chi connectivity index (χ4v) is 5.23. The van der Waals surface area contributed by atoms with Crippen molar-refractivity contribution >= 4 is 6.03 Å². The molecule has 4 aliphatic rings. The molecule has 3 saturated heterocycles.